The van der Waals surface area contributed by atoms with Gasteiger partial charge in [0.25, 0.3) is 15.9 Å². The average molecular weight is 347 g/mol. The normalized spacial score (nSPS) is 10.9. The Kier molecular flexibility index (Phi) is 5.35. The molecule has 24 heavy (non-hydrogen) atoms. The summed E-state index contributed by atoms with van der Waals surface area (Å²) >= 11 is 0. The minimum absolute atomic E-state index is 0.0683. The summed E-state index contributed by atoms with van der Waals surface area (Å²) < 4.78 is 30.7. The van der Waals surface area contributed by atoms with Crippen LogP contribution in [0.1, 0.15) is 15.9 Å². The third kappa shape index (κ3) is 3.80. The van der Waals surface area contributed by atoms with Crippen LogP contribution in [-0.4, -0.2) is 38.3 Å². The molecule has 0 spiro atoms. The van der Waals surface area contributed by atoms with Gasteiger partial charge < -0.3 is 4.74 Å². The Balaban J connectivity index is 2.47. The van der Waals surface area contributed by atoms with Crippen LogP contribution in [0.15, 0.2) is 59.5 Å². The number of hydrogen-bond donors (Lipinski definition) is 0. The molecule has 0 unspecified atom stereocenters. The van der Waals surface area contributed by atoms with E-state index in [0.29, 0.717) is 4.31 Å². The van der Waals surface area contributed by atoms with Crippen molar-refractivity contribution in [2.24, 2.45) is 0 Å². The molecule has 0 aromatic heterocycles. The lowest BCUT2D eigenvalue weighted by Crippen LogP contribution is -2.41. The van der Waals surface area contributed by atoms with Gasteiger partial charge in [-0.05, 0) is 31.2 Å². The standard InChI is InChI=1S/C17H17NO5S/c1-13-8-10-15(11-9-13)24(21,22)18(12-16(19)23-2)17(20)14-6-4-3-5-7-14/h3-11H,12H2,1-2H3. The van der Waals surface area contributed by atoms with Crippen LogP contribution in [0, 0.1) is 6.92 Å². The maximum absolute atomic E-state index is 12.8. The van der Waals surface area contributed by atoms with E-state index >= 15 is 0 Å². The lowest BCUT2D eigenvalue weighted by molar-refractivity contribution is -0.140. The van der Waals surface area contributed by atoms with E-state index in [9.17, 15) is 18.0 Å². The van der Waals surface area contributed by atoms with Crippen molar-refractivity contribution >= 4 is 21.9 Å². The van der Waals surface area contributed by atoms with E-state index in [1.54, 1.807) is 30.3 Å². The molecule has 126 valence electrons. The van der Waals surface area contributed by atoms with Crippen LogP contribution >= 0.6 is 0 Å². The molecule has 0 aliphatic heterocycles. The van der Waals surface area contributed by atoms with Gasteiger partial charge in [0.05, 0.1) is 12.0 Å². The fourth-order valence-corrected chi connectivity index (χ4v) is 3.34. The third-order valence-corrected chi connectivity index (χ3v) is 5.10. The molecule has 2 aromatic carbocycles. The number of ether oxygens (including phenoxy) is 1. The average Bonchev–Trinajstić information content (AvgIpc) is 2.59. The number of benzene rings is 2. The largest absolute Gasteiger partial charge is 0.468 e. The molecule has 0 radical (unpaired) electrons. The first-order valence-electron chi connectivity index (χ1n) is 7.12. The van der Waals surface area contributed by atoms with E-state index in [-0.39, 0.29) is 10.5 Å². The quantitative estimate of drug-likeness (QED) is 0.773. The maximum atomic E-state index is 12.8. The van der Waals surface area contributed by atoms with Crippen molar-refractivity contribution in [1.82, 2.24) is 4.31 Å². The predicted molar refractivity (Wildman–Crippen MR) is 87.9 cm³/mol. The Bertz CT molecular complexity index is 829. The van der Waals surface area contributed by atoms with Gasteiger partial charge in [-0.1, -0.05) is 35.9 Å². The summed E-state index contributed by atoms with van der Waals surface area (Å²) in [7, 11) is -3.06. The number of methoxy groups -OCH3 is 1. The van der Waals surface area contributed by atoms with Crippen molar-refractivity contribution in [2.45, 2.75) is 11.8 Å². The van der Waals surface area contributed by atoms with Gasteiger partial charge in [-0.2, -0.15) is 0 Å². The molecule has 0 saturated heterocycles. The first-order valence-corrected chi connectivity index (χ1v) is 8.56. The molecule has 2 rings (SSSR count). The second kappa shape index (κ2) is 7.27. The lowest BCUT2D eigenvalue weighted by Gasteiger charge is -2.21. The van der Waals surface area contributed by atoms with Gasteiger partial charge in [0.15, 0.2) is 0 Å². The lowest BCUT2D eigenvalue weighted by atomic mass is 10.2. The minimum Gasteiger partial charge on any atom is -0.468 e. The molecule has 0 fully saturated rings. The molecule has 0 heterocycles. The minimum atomic E-state index is -4.19. The van der Waals surface area contributed by atoms with Crippen LogP contribution in [0.5, 0.6) is 0 Å². The highest BCUT2D eigenvalue weighted by Gasteiger charge is 2.32. The molecule has 0 atom stereocenters. The van der Waals surface area contributed by atoms with E-state index in [0.717, 1.165) is 12.7 Å². The first kappa shape index (κ1) is 17.7. The van der Waals surface area contributed by atoms with Crippen molar-refractivity contribution in [3.8, 4) is 0 Å². The highest BCUT2D eigenvalue weighted by atomic mass is 32.2. The SMILES string of the molecule is COC(=O)CN(C(=O)c1ccccc1)S(=O)(=O)c1ccc(C)cc1. The first-order chi connectivity index (χ1) is 11.4. The van der Waals surface area contributed by atoms with Gasteiger partial charge in [0.2, 0.25) is 0 Å². The third-order valence-electron chi connectivity index (χ3n) is 3.36. The number of esters is 1. The summed E-state index contributed by atoms with van der Waals surface area (Å²) in [4.78, 5) is 24.2. The van der Waals surface area contributed by atoms with Gasteiger partial charge in [-0.25, -0.2) is 12.7 Å². The molecular formula is C17H17NO5S. The van der Waals surface area contributed by atoms with Crippen LogP contribution in [0.25, 0.3) is 0 Å². The number of hydrogen-bond acceptors (Lipinski definition) is 5. The fourth-order valence-electron chi connectivity index (χ4n) is 2.01. The number of amides is 1. The van der Waals surface area contributed by atoms with E-state index in [1.807, 2.05) is 6.92 Å². The number of nitrogens with zero attached hydrogens (tertiary/aromatic N) is 1. The molecule has 0 bridgehead atoms. The zero-order valence-electron chi connectivity index (χ0n) is 13.3. The summed E-state index contributed by atoms with van der Waals surface area (Å²) in [6.07, 6.45) is 0. The number of rotatable bonds is 5. The van der Waals surface area contributed by atoms with Crippen LogP contribution < -0.4 is 0 Å². The van der Waals surface area contributed by atoms with Crippen molar-refractivity contribution in [2.75, 3.05) is 13.7 Å². The molecule has 0 N–H and O–H groups in total. The van der Waals surface area contributed by atoms with Crippen molar-refractivity contribution in [3.63, 3.8) is 0 Å². The molecule has 7 heteroatoms. The van der Waals surface area contributed by atoms with Crippen LogP contribution in [-0.2, 0) is 19.6 Å². The van der Waals surface area contributed by atoms with Gasteiger partial charge in [0.1, 0.15) is 6.54 Å². The Labute approximate surface area is 140 Å². The molecular weight excluding hydrogens is 330 g/mol. The van der Waals surface area contributed by atoms with E-state index < -0.39 is 28.4 Å². The van der Waals surface area contributed by atoms with Gasteiger partial charge in [-0.3, -0.25) is 9.59 Å². The van der Waals surface area contributed by atoms with Crippen LogP contribution in [0.2, 0.25) is 0 Å². The van der Waals surface area contributed by atoms with E-state index in [2.05, 4.69) is 4.74 Å². The van der Waals surface area contributed by atoms with Gasteiger partial charge in [-0.15, -0.1) is 0 Å². The van der Waals surface area contributed by atoms with Crippen molar-refractivity contribution in [3.05, 3.63) is 65.7 Å². The molecule has 0 aliphatic rings. The molecule has 0 saturated carbocycles. The Morgan fingerprint density at radius 3 is 2.12 bits per heavy atom. The number of aryl methyl sites for hydroxylation is 1. The number of carbonyl (C=O) groups excluding carboxylic acids is 2. The maximum Gasteiger partial charge on any atom is 0.326 e. The van der Waals surface area contributed by atoms with Crippen LogP contribution in [0.3, 0.4) is 0 Å². The predicted octanol–water partition coefficient (Wildman–Crippen LogP) is 2.00. The molecule has 2 aromatic rings. The second-order valence-electron chi connectivity index (χ2n) is 5.07. The van der Waals surface area contributed by atoms with Crippen molar-refractivity contribution in [1.29, 1.82) is 0 Å². The summed E-state index contributed by atoms with van der Waals surface area (Å²) in [5, 5.41) is 0. The second-order valence-corrected chi connectivity index (χ2v) is 6.93. The van der Waals surface area contributed by atoms with Gasteiger partial charge in [0, 0.05) is 5.56 Å². The van der Waals surface area contributed by atoms with E-state index in [1.165, 1.54) is 24.3 Å². The fraction of sp³-hybridized carbons (Fsp3) is 0.176. The highest BCUT2D eigenvalue weighted by Crippen LogP contribution is 2.19. The molecule has 6 nitrogen and oxygen atoms in total. The summed E-state index contributed by atoms with van der Waals surface area (Å²) in [5.41, 5.74) is 1.04. The molecule has 0 aliphatic carbocycles. The van der Waals surface area contributed by atoms with Gasteiger partial charge >= 0.3 is 5.97 Å². The Morgan fingerprint density at radius 2 is 1.58 bits per heavy atom. The number of sulfonamides is 1. The topological polar surface area (TPSA) is 80.8 Å². The summed E-state index contributed by atoms with van der Waals surface area (Å²) in [6.45, 7) is 1.12. The summed E-state index contributed by atoms with van der Waals surface area (Å²) in [6, 6.07) is 13.9. The zero-order valence-corrected chi connectivity index (χ0v) is 14.1. The summed E-state index contributed by atoms with van der Waals surface area (Å²) in [5.74, 6) is -1.61. The smallest absolute Gasteiger partial charge is 0.326 e. The highest BCUT2D eigenvalue weighted by molar-refractivity contribution is 7.89. The Hall–Kier alpha value is -2.67. The zero-order chi connectivity index (χ0) is 17.7. The monoisotopic (exact) mass is 347 g/mol. The molecule has 1 amide bonds. The van der Waals surface area contributed by atoms with Crippen LogP contribution in [0.4, 0.5) is 0 Å². The van der Waals surface area contributed by atoms with E-state index in [4.69, 9.17) is 0 Å². The number of carbonyl (C=O) groups is 2. The van der Waals surface area contributed by atoms with Crippen molar-refractivity contribution < 1.29 is 22.7 Å². The Morgan fingerprint density at radius 1 is 1.00 bits per heavy atom.